The highest BCUT2D eigenvalue weighted by molar-refractivity contribution is 6.11. The fourth-order valence-corrected chi connectivity index (χ4v) is 3.16. The Morgan fingerprint density at radius 3 is 2.58 bits per heavy atom. The van der Waals surface area contributed by atoms with E-state index >= 15 is 0 Å². The number of nitrogens with zero attached hydrogens (tertiary/aromatic N) is 2. The number of nitrogen functional groups attached to an aromatic ring is 1. The van der Waals surface area contributed by atoms with Crippen LogP contribution in [0.2, 0.25) is 0 Å². The Morgan fingerprint density at radius 2 is 1.96 bits per heavy atom. The van der Waals surface area contributed by atoms with Crippen LogP contribution in [0.25, 0.3) is 16.7 Å². The molecule has 6 heteroatoms. The number of aryl methyl sites for hydroxylation is 2. The second kappa shape index (κ2) is 5.56. The van der Waals surface area contributed by atoms with E-state index in [9.17, 15) is 4.79 Å². The van der Waals surface area contributed by atoms with Crippen molar-refractivity contribution in [2.75, 3.05) is 12.8 Å². The number of ether oxygens (including phenoxy) is 1. The largest absolute Gasteiger partial charge is 0.496 e. The molecule has 0 radical (unpaired) electrons. The summed E-state index contributed by atoms with van der Waals surface area (Å²) in [5.41, 5.74) is 16.5. The molecule has 3 aromatic rings. The summed E-state index contributed by atoms with van der Waals surface area (Å²) in [5.74, 6) is 0.460. The third kappa shape index (κ3) is 2.19. The first-order chi connectivity index (χ1) is 11.4. The maximum atomic E-state index is 12.0. The van der Waals surface area contributed by atoms with Gasteiger partial charge in [-0.3, -0.25) is 9.36 Å². The molecule has 1 aromatic carbocycles. The van der Waals surface area contributed by atoms with Crippen LogP contribution < -0.4 is 16.2 Å². The van der Waals surface area contributed by atoms with Crippen LogP contribution in [0.1, 0.15) is 27.0 Å². The van der Waals surface area contributed by atoms with Crippen molar-refractivity contribution < 1.29 is 9.53 Å². The van der Waals surface area contributed by atoms with Gasteiger partial charge < -0.3 is 16.2 Å². The third-order valence-corrected chi connectivity index (χ3v) is 4.25. The standard InChI is InChI=1S/C18H20N4O2/c1-9-7-12-14(17(20)23)16(19)22(18(12)21-8-9)15-10(2)5-6-13(24-4)11(15)3/h5-8H,19H2,1-4H3,(H2,20,23). The highest BCUT2D eigenvalue weighted by atomic mass is 16.5. The minimum absolute atomic E-state index is 0.287. The fraction of sp³-hybridized carbons (Fsp3) is 0.222. The van der Waals surface area contributed by atoms with Crippen molar-refractivity contribution in [3.8, 4) is 11.4 Å². The molecule has 0 aliphatic rings. The van der Waals surface area contributed by atoms with Crippen LogP contribution in [0.3, 0.4) is 0 Å². The van der Waals surface area contributed by atoms with Gasteiger partial charge >= 0.3 is 0 Å². The molecule has 0 atom stereocenters. The lowest BCUT2D eigenvalue weighted by Gasteiger charge is -2.16. The van der Waals surface area contributed by atoms with Crippen LogP contribution in [0.15, 0.2) is 24.4 Å². The van der Waals surface area contributed by atoms with Gasteiger partial charge in [0.05, 0.1) is 18.4 Å². The van der Waals surface area contributed by atoms with Crippen LogP contribution in [0.5, 0.6) is 5.75 Å². The van der Waals surface area contributed by atoms with Gasteiger partial charge in [-0.2, -0.15) is 0 Å². The molecule has 0 unspecified atom stereocenters. The smallest absolute Gasteiger partial charge is 0.253 e. The molecule has 2 heterocycles. The predicted molar refractivity (Wildman–Crippen MR) is 94.8 cm³/mol. The number of hydrogen-bond donors (Lipinski definition) is 2. The highest BCUT2D eigenvalue weighted by Gasteiger charge is 2.23. The van der Waals surface area contributed by atoms with Crippen molar-refractivity contribution in [1.29, 1.82) is 0 Å². The average Bonchev–Trinajstić information content (AvgIpc) is 2.79. The number of rotatable bonds is 3. The summed E-state index contributed by atoms with van der Waals surface area (Å²) in [4.78, 5) is 16.5. The summed E-state index contributed by atoms with van der Waals surface area (Å²) in [7, 11) is 1.62. The monoisotopic (exact) mass is 324 g/mol. The topological polar surface area (TPSA) is 96.2 Å². The number of aromatic nitrogens is 2. The van der Waals surface area contributed by atoms with Gasteiger partial charge in [0.15, 0.2) is 0 Å². The van der Waals surface area contributed by atoms with E-state index in [-0.39, 0.29) is 5.82 Å². The first-order valence-electron chi connectivity index (χ1n) is 7.57. The summed E-state index contributed by atoms with van der Waals surface area (Å²) in [6, 6.07) is 5.73. The Hall–Kier alpha value is -3.02. The van der Waals surface area contributed by atoms with E-state index in [0.29, 0.717) is 16.6 Å². The van der Waals surface area contributed by atoms with Gasteiger partial charge in [-0.15, -0.1) is 0 Å². The zero-order valence-corrected chi connectivity index (χ0v) is 14.2. The van der Waals surface area contributed by atoms with Crippen molar-refractivity contribution in [2.45, 2.75) is 20.8 Å². The normalized spacial score (nSPS) is 11.0. The van der Waals surface area contributed by atoms with Crippen LogP contribution in [0, 0.1) is 20.8 Å². The van der Waals surface area contributed by atoms with Crippen molar-refractivity contribution in [1.82, 2.24) is 9.55 Å². The third-order valence-electron chi connectivity index (χ3n) is 4.25. The molecule has 24 heavy (non-hydrogen) atoms. The molecule has 0 spiro atoms. The Morgan fingerprint density at radius 1 is 1.25 bits per heavy atom. The number of pyridine rings is 1. The zero-order valence-electron chi connectivity index (χ0n) is 14.2. The number of fused-ring (bicyclic) bond motifs is 1. The average molecular weight is 324 g/mol. The molecule has 3 rings (SSSR count). The highest BCUT2D eigenvalue weighted by Crippen LogP contribution is 2.35. The van der Waals surface area contributed by atoms with E-state index in [2.05, 4.69) is 4.98 Å². The zero-order chi connectivity index (χ0) is 17.6. The number of amides is 1. The van der Waals surface area contributed by atoms with Crippen molar-refractivity contribution in [3.05, 3.63) is 46.6 Å². The van der Waals surface area contributed by atoms with Crippen molar-refractivity contribution in [3.63, 3.8) is 0 Å². The summed E-state index contributed by atoms with van der Waals surface area (Å²) in [6.07, 6.45) is 1.74. The summed E-state index contributed by atoms with van der Waals surface area (Å²) in [6.45, 7) is 5.84. The number of nitrogens with two attached hydrogens (primary N) is 2. The van der Waals surface area contributed by atoms with Crippen LogP contribution in [-0.2, 0) is 0 Å². The molecular weight excluding hydrogens is 304 g/mol. The number of anilines is 1. The molecule has 0 fully saturated rings. The maximum absolute atomic E-state index is 12.0. The molecule has 2 aromatic heterocycles. The molecule has 0 aliphatic carbocycles. The number of carbonyl (C=O) groups excluding carboxylic acids is 1. The van der Waals surface area contributed by atoms with Crippen LogP contribution >= 0.6 is 0 Å². The second-order valence-electron chi connectivity index (χ2n) is 5.90. The molecule has 0 bridgehead atoms. The van der Waals surface area contributed by atoms with E-state index in [1.165, 1.54) is 0 Å². The lowest BCUT2D eigenvalue weighted by Crippen LogP contribution is -2.14. The van der Waals surface area contributed by atoms with Crippen molar-refractivity contribution >= 4 is 22.8 Å². The lowest BCUT2D eigenvalue weighted by molar-refractivity contribution is 0.100. The van der Waals surface area contributed by atoms with Crippen LogP contribution in [0.4, 0.5) is 5.82 Å². The first kappa shape index (κ1) is 15.9. The molecule has 0 saturated carbocycles. The minimum atomic E-state index is -0.568. The fourth-order valence-electron chi connectivity index (χ4n) is 3.16. The van der Waals surface area contributed by atoms with Gasteiger partial charge in [0.2, 0.25) is 0 Å². The number of benzene rings is 1. The van der Waals surface area contributed by atoms with Gasteiger partial charge in [-0.25, -0.2) is 4.98 Å². The van der Waals surface area contributed by atoms with E-state index in [1.807, 2.05) is 39.0 Å². The van der Waals surface area contributed by atoms with E-state index in [4.69, 9.17) is 16.2 Å². The van der Waals surface area contributed by atoms with Gasteiger partial charge in [-0.1, -0.05) is 6.07 Å². The van der Waals surface area contributed by atoms with Gasteiger partial charge in [0.25, 0.3) is 5.91 Å². The van der Waals surface area contributed by atoms with Gasteiger partial charge in [-0.05, 0) is 44.0 Å². The van der Waals surface area contributed by atoms with Crippen LogP contribution in [-0.4, -0.2) is 22.6 Å². The Labute approximate surface area is 140 Å². The quantitative estimate of drug-likeness (QED) is 0.774. The lowest BCUT2D eigenvalue weighted by atomic mass is 10.1. The number of carbonyl (C=O) groups is 1. The Bertz CT molecular complexity index is 973. The summed E-state index contributed by atoms with van der Waals surface area (Å²) >= 11 is 0. The van der Waals surface area contributed by atoms with E-state index < -0.39 is 5.91 Å². The number of hydrogen-bond acceptors (Lipinski definition) is 4. The minimum Gasteiger partial charge on any atom is -0.496 e. The Kier molecular flexibility index (Phi) is 3.67. The van der Waals surface area contributed by atoms with Crippen molar-refractivity contribution in [2.24, 2.45) is 5.73 Å². The molecule has 6 nitrogen and oxygen atoms in total. The summed E-state index contributed by atoms with van der Waals surface area (Å²) in [5, 5.41) is 0.654. The molecular formula is C18H20N4O2. The molecule has 4 N–H and O–H groups in total. The van der Waals surface area contributed by atoms with E-state index in [1.54, 1.807) is 17.9 Å². The predicted octanol–water partition coefficient (Wildman–Crippen LogP) is 2.64. The Balaban J connectivity index is 2.49. The van der Waals surface area contributed by atoms with Gasteiger partial charge in [0.1, 0.15) is 17.2 Å². The SMILES string of the molecule is COc1ccc(C)c(-n2c(N)c(C(N)=O)c3cc(C)cnc32)c1C. The molecule has 0 saturated heterocycles. The number of methoxy groups -OCH3 is 1. The molecule has 1 amide bonds. The molecule has 124 valence electrons. The maximum Gasteiger partial charge on any atom is 0.253 e. The second-order valence-corrected chi connectivity index (χ2v) is 5.90. The molecule has 0 aliphatic heterocycles. The van der Waals surface area contributed by atoms with E-state index in [0.717, 1.165) is 28.1 Å². The van der Waals surface area contributed by atoms with Gasteiger partial charge in [0, 0.05) is 17.1 Å². The first-order valence-corrected chi connectivity index (χ1v) is 7.57. The summed E-state index contributed by atoms with van der Waals surface area (Å²) < 4.78 is 7.20. The number of primary amides is 1.